The predicted molar refractivity (Wildman–Crippen MR) is 139 cm³/mol. The first-order chi connectivity index (χ1) is 16.8. The first-order valence-corrected chi connectivity index (χ1v) is 11.5. The molecular weight excluding hydrogens is 512 g/mol. The maximum absolute atomic E-state index is 13.2. The van der Waals surface area contributed by atoms with Gasteiger partial charge in [-0.05, 0) is 73.5 Å². The third kappa shape index (κ3) is 5.20. The predicted octanol–water partition coefficient (Wildman–Crippen LogP) is 4.99. The first-order valence-electron chi connectivity index (χ1n) is 10.7. The van der Waals surface area contributed by atoms with Crippen LogP contribution in [-0.2, 0) is 9.59 Å². The molecule has 3 amide bonds. The SMILES string of the molecule is COc1ccccc1NC(=O)C(=O)Nn1c(C(=O)Nc2ccc(C)c(C)c2)cc2cc(Br)ccc21. The molecule has 0 unspecified atom stereocenters. The molecule has 0 bridgehead atoms. The quantitative estimate of drug-likeness (QED) is 0.314. The van der Waals surface area contributed by atoms with Crippen LogP contribution in [0.4, 0.5) is 11.4 Å². The molecule has 4 aromatic rings. The minimum absolute atomic E-state index is 0.162. The number of halogens is 1. The van der Waals surface area contributed by atoms with Gasteiger partial charge < -0.3 is 15.4 Å². The van der Waals surface area contributed by atoms with Crippen LogP contribution in [0.5, 0.6) is 5.75 Å². The molecule has 0 aliphatic heterocycles. The van der Waals surface area contributed by atoms with Crippen molar-refractivity contribution in [1.29, 1.82) is 0 Å². The lowest BCUT2D eigenvalue weighted by atomic mass is 10.1. The van der Waals surface area contributed by atoms with Crippen LogP contribution in [0.15, 0.2) is 71.2 Å². The molecule has 0 saturated carbocycles. The van der Waals surface area contributed by atoms with Crippen LogP contribution < -0.4 is 20.8 Å². The zero-order valence-electron chi connectivity index (χ0n) is 19.3. The third-order valence-corrected chi connectivity index (χ3v) is 6.03. The second-order valence-electron chi connectivity index (χ2n) is 7.92. The molecule has 0 fully saturated rings. The maximum atomic E-state index is 13.2. The molecule has 0 atom stereocenters. The molecule has 4 rings (SSSR count). The Morgan fingerprint density at radius 1 is 0.857 bits per heavy atom. The van der Waals surface area contributed by atoms with Crippen molar-refractivity contribution in [1.82, 2.24) is 4.68 Å². The second kappa shape index (κ2) is 10.0. The Morgan fingerprint density at radius 2 is 1.63 bits per heavy atom. The number of hydrogen-bond donors (Lipinski definition) is 3. The summed E-state index contributed by atoms with van der Waals surface area (Å²) >= 11 is 3.42. The van der Waals surface area contributed by atoms with E-state index in [4.69, 9.17) is 4.74 Å². The molecule has 0 radical (unpaired) electrons. The zero-order chi connectivity index (χ0) is 25.1. The van der Waals surface area contributed by atoms with Crippen molar-refractivity contribution in [2.75, 3.05) is 23.2 Å². The van der Waals surface area contributed by atoms with Crippen LogP contribution in [0, 0.1) is 13.8 Å². The van der Waals surface area contributed by atoms with E-state index < -0.39 is 17.7 Å². The number of carbonyl (C=O) groups excluding carboxylic acids is 3. The van der Waals surface area contributed by atoms with E-state index in [0.717, 1.165) is 15.6 Å². The number of carbonyl (C=O) groups is 3. The highest BCUT2D eigenvalue weighted by molar-refractivity contribution is 9.10. The summed E-state index contributed by atoms with van der Waals surface area (Å²) in [6.07, 6.45) is 0. The Kier molecular flexibility index (Phi) is 6.88. The summed E-state index contributed by atoms with van der Waals surface area (Å²) in [4.78, 5) is 38.7. The number of amides is 3. The minimum Gasteiger partial charge on any atom is -0.495 e. The van der Waals surface area contributed by atoms with Crippen LogP contribution in [0.3, 0.4) is 0 Å². The fourth-order valence-electron chi connectivity index (χ4n) is 3.57. The van der Waals surface area contributed by atoms with Crippen molar-refractivity contribution < 1.29 is 19.1 Å². The number of nitrogens with one attached hydrogen (secondary N) is 3. The van der Waals surface area contributed by atoms with Crippen molar-refractivity contribution in [2.24, 2.45) is 0 Å². The third-order valence-electron chi connectivity index (χ3n) is 5.54. The van der Waals surface area contributed by atoms with Gasteiger partial charge in [0.2, 0.25) is 0 Å². The second-order valence-corrected chi connectivity index (χ2v) is 8.83. The molecule has 3 N–H and O–H groups in total. The van der Waals surface area contributed by atoms with E-state index in [0.29, 0.717) is 28.0 Å². The lowest BCUT2D eigenvalue weighted by Gasteiger charge is -2.14. The smallest absolute Gasteiger partial charge is 0.328 e. The van der Waals surface area contributed by atoms with Crippen LogP contribution in [-0.4, -0.2) is 29.5 Å². The standard InChI is InChI=1S/C26H23BrN4O4/c1-15-8-10-19(12-16(15)2)28-24(32)22-14-17-13-18(27)9-11-21(17)31(22)30-26(34)25(33)29-20-6-4-5-7-23(20)35-3/h4-14H,1-3H3,(H,28,32)(H,29,33)(H,30,34). The maximum Gasteiger partial charge on any atom is 0.328 e. The highest BCUT2D eigenvalue weighted by atomic mass is 79.9. The monoisotopic (exact) mass is 534 g/mol. The van der Waals surface area contributed by atoms with Crippen molar-refractivity contribution in [3.05, 3.63) is 88.0 Å². The Hall–Kier alpha value is -4.11. The summed E-state index contributed by atoms with van der Waals surface area (Å²) < 4.78 is 7.33. The number of nitrogens with zero attached hydrogens (tertiary/aromatic N) is 1. The van der Waals surface area contributed by atoms with E-state index in [1.807, 2.05) is 38.1 Å². The largest absolute Gasteiger partial charge is 0.495 e. The van der Waals surface area contributed by atoms with Crippen LogP contribution >= 0.6 is 15.9 Å². The molecule has 0 aliphatic rings. The minimum atomic E-state index is -0.948. The summed E-state index contributed by atoms with van der Waals surface area (Å²) in [5.41, 5.74) is 6.38. The molecule has 0 saturated heterocycles. The van der Waals surface area contributed by atoms with Crippen molar-refractivity contribution in [2.45, 2.75) is 13.8 Å². The molecule has 0 spiro atoms. The highest BCUT2D eigenvalue weighted by Crippen LogP contribution is 2.25. The molecule has 1 heterocycles. The number of benzene rings is 3. The van der Waals surface area contributed by atoms with Gasteiger partial charge in [-0.15, -0.1) is 0 Å². The summed E-state index contributed by atoms with van der Waals surface area (Å²) in [6.45, 7) is 3.95. The molecule has 1 aromatic heterocycles. The molecule has 0 aliphatic carbocycles. The van der Waals surface area contributed by atoms with Crippen LogP contribution in [0.25, 0.3) is 10.9 Å². The van der Waals surface area contributed by atoms with E-state index in [2.05, 4.69) is 32.0 Å². The van der Waals surface area contributed by atoms with E-state index >= 15 is 0 Å². The van der Waals surface area contributed by atoms with Gasteiger partial charge >= 0.3 is 11.8 Å². The number of para-hydroxylation sites is 2. The first kappa shape index (κ1) is 24.0. The van der Waals surface area contributed by atoms with E-state index in [9.17, 15) is 14.4 Å². The van der Waals surface area contributed by atoms with Crippen molar-refractivity contribution in [3.63, 3.8) is 0 Å². The summed E-state index contributed by atoms with van der Waals surface area (Å²) in [6, 6.07) is 19.3. The zero-order valence-corrected chi connectivity index (χ0v) is 20.9. The number of ether oxygens (including phenoxy) is 1. The number of fused-ring (bicyclic) bond motifs is 1. The number of aryl methyl sites for hydroxylation is 2. The molecule has 3 aromatic carbocycles. The van der Waals surface area contributed by atoms with Gasteiger partial charge in [0.1, 0.15) is 11.4 Å². The topological polar surface area (TPSA) is 101 Å². The van der Waals surface area contributed by atoms with Gasteiger partial charge in [0.05, 0.1) is 18.3 Å². The number of anilines is 2. The van der Waals surface area contributed by atoms with Gasteiger partial charge in [0.15, 0.2) is 0 Å². The summed E-state index contributed by atoms with van der Waals surface area (Å²) in [5, 5.41) is 6.10. The van der Waals surface area contributed by atoms with Crippen LogP contribution in [0.1, 0.15) is 21.6 Å². The Balaban J connectivity index is 1.63. The summed E-state index contributed by atoms with van der Waals surface area (Å²) in [5.74, 6) is -1.88. The number of hydrogen-bond acceptors (Lipinski definition) is 4. The van der Waals surface area contributed by atoms with Gasteiger partial charge in [-0.3, -0.25) is 19.8 Å². The van der Waals surface area contributed by atoms with Gasteiger partial charge in [0.25, 0.3) is 5.91 Å². The van der Waals surface area contributed by atoms with E-state index in [1.165, 1.54) is 11.8 Å². The van der Waals surface area contributed by atoms with E-state index in [-0.39, 0.29) is 5.69 Å². The van der Waals surface area contributed by atoms with Crippen molar-refractivity contribution in [3.8, 4) is 5.75 Å². The fourth-order valence-corrected chi connectivity index (χ4v) is 3.95. The Labute approximate surface area is 210 Å². The average Bonchev–Trinajstić information content (AvgIpc) is 3.19. The van der Waals surface area contributed by atoms with E-state index in [1.54, 1.807) is 42.5 Å². The molecule has 8 nitrogen and oxygen atoms in total. The van der Waals surface area contributed by atoms with Gasteiger partial charge in [-0.2, -0.15) is 0 Å². The van der Waals surface area contributed by atoms with Gasteiger partial charge in [-0.1, -0.05) is 34.1 Å². The fraction of sp³-hybridized carbons (Fsp3) is 0.115. The molecule has 178 valence electrons. The van der Waals surface area contributed by atoms with Crippen molar-refractivity contribution >= 4 is 55.9 Å². The lowest BCUT2D eigenvalue weighted by Crippen LogP contribution is -2.36. The highest BCUT2D eigenvalue weighted by Gasteiger charge is 2.22. The Morgan fingerprint density at radius 3 is 2.37 bits per heavy atom. The normalized spacial score (nSPS) is 10.6. The molecular formula is C26H23BrN4O4. The average molecular weight is 535 g/mol. The summed E-state index contributed by atoms with van der Waals surface area (Å²) in [7, 11) is 1.47. The lowest BCUT2D eigenvalue weighted by molar-refractivity contribution is -0.133. The molecule has 9 heteroatoms. The number of methoxy groups -OCH3 is 1. The van der Waals surface area contributed by atoms with Gasteiger partial charge in [-0.25, -0.2) is 4.68 Å². The number of aromatic nitrogens is 1. The Bertz CT molecular complexity index is 1460. The van der Waals surface area contributed by atoms with Gasteiger partial charge in [0, 0.05) is 15.5 Å². The van der Waals surface area contributed by atoms with Crippen LogP contribution in [0.2, 0.25) is 0 Å². The number of rotatable bonds is 5. The molecule has 35 heavy (non-hydrogen) atoms.